The highest BCUT2D eigenvalue weighted by Crippen LogP contribution is 2.40. The minimum absolute atomic E-state index is 0.178. The highest BCUT2D eigenvalue weighted by atomic mass is 79.9. The summed E-state index contributed by atoms with van der Waals surface area (Å²) < 4.78 is 14.5. The van der Waals surface area contributed by atoms with Crippen LogP contribution in [0.15, 0.2) is 16.6 Å². The van der Waals surface area contributed by atoms with Crippen LogP contribution in [-0.2, 0) is 5.75 Å². The van der Waals surface area contributed by atoms with E-state index in [1.165, 1.54) is 6.07 Å². The van der Waals surface area contributed by atoms with E-state index in [2.05, 4.69) is 15.9 Å². The van der Waals surface area contributed by atoms with Gasteiger partial charge in [0.25, 0.3) is 0 Å². The first-order chi connectivity index (χ1) is 6.61. The Morgan fingerprint density at radius 2 is 2.29 bits per heavy atom. The lowest BCUT2D eigenvalue weighted by molar-refractivity contribution is 0.571. The smallest absolute Gasteiger partial charge is 0.128 e. The van der Waals surface area contributed by atoms with E-state index in [-0.39, 0.29) is 17.1 Å². The summed E-state index contributed by atoms with van der Waals surface area (Å²) in [6.45, 7) is 2.04. The van der Waals surface area contributed by atoms with Crippen molar-refractivity contribution in [2.45, 2.75) is 24.0 Å². The molecule has 0 radical (unpaired) electrons. The Hall–Kier alpha value is -0.0600. The second-order valence-electron chi connectivity index (χ2n) is 3.46. The van der Waals surface area contributed by atoms with Crippen molar-refractivity contribution >= 4 is 27.7 Å². The normalized spacial score (nSPS) is 26.0. The summed E-state index contributed by atoms with van der Waals surface area (Å²) in [4.78, 5) is 0. The molecular formula is C10H11BrFNS. The number of halogens is 2. The van der Waals surface area contributed by atoms with Gasteiger partial charge in [0.15, 0.2) is 0 Å². The first-order valence-electron chi connectivity index (χ1n) is 4.45. The van der Waals surface area contributed by atoms with Gasteiger partial charge in [-0.2, -0.15) is 11.8 Å². The molecule has 0 bridgehead atoms. The van der Waals surface area contributed by atoms with E-state index >= 15 is 0 Å². The zero-order valence-corrected chi connectivity index (χ0v) is 10.2. The van der Waals surface area contributed by atoms with E-state index in [1.807, 2.05) is 6.92 Å². The maximum absolute atomic E-state index is 13.6. The summed E-state index contributed by atoms with van der Waals surface area (Å²) in [6, 6.07) is 3.03. The van der Waals surface area contributed by atoms with Crippen LogP contribution < -0.4 is 5.73 Å². The minimum Gasteiger partial charge on any atom is -0.323 e. The molecule has 0 saturated carbocycles. The second-order valence-corrected chi connectivity index (χ2v) is 5.68. The number of hydrogen-bond acceptors (Lipinski definition) is 2. The SMILES string of the molecule is CC1SCc2c(Br)ccc(F)c2C1N. The molecule has 76 valence electrons. The van der Waals surface area contributed by atoms with Gasteiger partial charge in [0.05, 0.1) is 0 Å². The third-order valence-corrected chi connectivity index (χ3v) is 4.59. The molecule has 2 atom stereocenters. The summed E-state index contributed by atoms with van der Waals surface area (Å²) in [6.07, 6.45) is 0. The van der Waals surface area contributed by atoms with E-state index in [1.54, 1.807) is 17.8 Å². The molecule has 0 saturated heterocycles. The standard InChI is InChI=1S/C10H11BrFNS/c1-5-10(13)9-6(4-14-5)7(11)2-3-8(9)12/h2-3,5,10H,4,13H2,1H3. The van der Waals surface area contributed by atoms with Crippen LogP contribution >= 0.6 is 27.7 Å². The molecule has 4 heteroatoms. The number of fused-ring (bicyclic) bond motifs is 1. The number of rotatable bonds is 0. The summed E-state index contributed by atoms with van der Waals surface area (Å²) in [5, 5.41) is 0.284. The fraction of sp³-hybridized carbons (Fsp3) is 0.400. The Kier molecular flexibility index (Phi) is 2.86. The molecular weight excluding hydrogens is 265 g/mol. The molecule has 0 fully saturated rings. The molecule has 1 heterocycles. The highest BCUT2D eigenvalue weighted by molar-refractivity contribution is 9.10. The van der Waals surface area contributed by atoms with Gasteiger partial charge >= 0.3 is 0 Å². The monoisotopic (exact) mass is 275 g/mol. The van der Waals surface area contributed by atoms with Gasteiger partial charge in [0.1, 0.15) is 5.82 Å². The lowest BCUT2D eigenvalue weighted by Crippen LogP contribution is -2.27. The van der Waals surface area contributed by atoms with Crippen molar-refractivity contribution in [2.75, 3.05) is 0 Å². The number of thioether (sulfide) groups is 1. The van der Waals surface area contributed by atoms with Gasteiger partial charge in [0.2, 0.25) is 0 Å². The average molecular weight is 276 g/mol. The quantitative estimate of drug-likeness (QED) is 0.787. The van der Waals surface area contributed by atoms with E-state index in [4.69, 9.17) is 5.73 Å². The zero-order chi connectivity index (χ0) is 10.3. The predicted molar refractivity (Wildman–Crippen MR) is 61.8 cm³/mol. The zero-order valence-electron chi connectivity index (χ0n) is 7.76. The lowest BCUT2D eigenvalue weighted by Gasteiger charge is -2.29. The van der Waals surface area contributed by atoms with Gasteiger partial charge in [-0.1, -0.05) is 22.9 Å². The van der Waals surface area contributed by atoms with Crippen molar-refractivity contribution in [1.82, 2.24) is 0 Å². The second kappa shape index (κ2) is 3.83. The summed E-state index contributed by atoms with van der Waals surface area (Å²) >= 11 is 5.20. The third kappa shape index (κ3) is 1.59. The highest BCUT2D eigenvalue weighted by Gasteiger charge is 2.28. The lowest BCUT2D eigenvalue weighted by atomic mass is 9.98. The van der Waals surface area contributed by atoms with Gasteiger partial charge in [0, 0.05) is 27.1 Å². The Morgan fingerprint density at radius 3 is 3.00 bits per heavy atom. The molecule has 1 aromatic carbocycles. The van der Waals surface area contributed by atoms with Crippen molar-refractivity contribution in [3.05, 3.63) is 33.5 Å². The van der Waals surface area contributed by atoms with Gasteiger partial charge in [-0.3, -0.25) is 0 Å². The van der Waals surface area contributed by atoms with Crippen LogP contribution in [0.2, 0.25) is 0 Å². The van der Waals surface area contributed by atoms with E-state index in [0.29, 0.717) is 5.56 Å². The molecule has 0 aliphatic carbocycles. The molecule has 2 rings (SSSR count). The van der Waals surface area contributed by atoms with Crippen LogP contribution in [0.25, 0.3) is 0 Å². The van der Waals surface area contributed by atoms with Crippen molar-refractivity contribution in [2.24, 2.45) is 5.73 Å². The van der Waals surface area contributed by atoms with E-state index in [0.717, 1.165) is 15.8 Å². The van der Waals surface area contributed by atoms with Crippen LogP contribution in [0.5, 0.6) is 0 Å². The van der Waals surface area contributed by atoms with Gasteiger partial charge in [-0.15, -0.1) is 0 Å². The average Bonchev–Trinajstić information content (AvgIpc) is 2.16. The molecule has 1 aromatic rings. The maximum atomic E-state index is 13.6. The van der Waals surface area contributed by atoms with E-state index in [9.17, 15) is 4.39 Å². The maximum Gasteiger partial charge on any atom is 0.128 e. The molecule has 1 nitrogen and oxygen atoms in total. The summed E-state index contributed by atoms with van der Waals surface area (Å²) in [7, 11) is 0. The van der Waals surface area contributed by atoms with Crippen LogP contribution in [0.4, 0.5) is 4.39 Å². The molecule has 1 aliphatic rings. The summed E-state index contributed by atoms with van der Waals surface area (Å²) in [5.74, 6) is 0.658. The molecule has 0 amide bonds. The molecule has 0 aromatic heterocycles. The number of benzene rings is 1. The molecule has 0 spiro atoms. The minimum atomic E-state index is -0.193. The number of hydrogen-bond donors (Lipinski definition) is 1. The fourth-order valence-corrected chi connectivity index (χ4v) is 3.43. The van der Waals surface area contributed by atoms with Crippen LogP contribution in [0.3, 0.4) is 0 Å². The predicted octanol–water partition coefficient (Wildman–Crippen LogP) is 3.22. The first-order valence-corrected chi connectivity index (χ1v) is 6.29. The molecule has 2 N–H and O–H groups in total. The van der Waals surface area contributed by atoms with Crippen molar-refractivity contribution < 1.29 is 4.39 Å². The van der Waals surface area contributed by atoms with Crippen LogP contribution in [0.1, 0.15) is 24.1 Å². The van der Waals surface area contributed by atoms with Crippen LogP contribution in [0, 0.1) is 5.82 Å². The summed E-state index contributed by atoms with van der Waals surface area (Å²) in [5.41, 5.74) is 7.68. The van der Waals surface area contributed by atoms with Gasteiger partial charge < -0.3 is 5.73 Å². The first kappa shape index (κ1) is 10.5. The van der Waals surface area contributed by atoms with Crippen molar-refractivity contribution in [3.63, 3.8) is 0 Å². The third-order valence-electron chi connectivity index (χ3n) is 2.58. The van der Waals surface area contributed by atoms with Crippen LogP contribution in [-0.4, -0.2) is 5.25 Å². The Bertz CT molecular complexity index is 369. The largest absolute Gasteiger partial charge is 0.323 e. The molecule has 14 heavy (non-hydrogen) atoms. The fourth-order valence-electron chi connectivity index (χ4n) is 1.67. The van der Waals surface area contributed by atoms with Crippen molar-refractivity contribution in [3.8, 4) is 0 Å². The molecule has 1 aliphatic heterocycles. The number of nitrogens with two attached hydrogens (primary N) is 1. The topological polar surface area (TPSA) is 26.0 Å². The van der Waals surface area contributed by atoms with E-state index < -0.39 is 0 Å². The Labute approximate surface area is 95.4 Å². The molecule has 2 unspecified atom stereocenters. The van der Waals surface area contributed by atoms with Crippen molar-refractivity contribution in [1.29, 1.82) is 0 Å². The van der Waals surface area contributed by atoms with Gasteiger partial charge in [-0.25, -0.2) is 4.39 Å². The van der Waals surface area contributed by atoms with Gasteiger partial charge in [-0.05, 0) is 17.7 Å². The Balaban J connectivity index is 2.58. The Morgan fingerprint density at radius 1 is 1.57 bits per heavy atom.